The molecule has 1 aliphatic rings. The van der Waals surface area contributed by atoms with Crippen LogP contribution in [0.5, 0.6) is 0 Å². The van der Waals surface area contributed by atoms with Crippen molar-refractivity contribution < 1.29 is 14.0 Å². The van der Waals surface area contributed by atoms with E-state index in [-0.39, 0.29) is 11.8 Å². The Labute approximate surface area is 142 Å². The first-order valence-electron chi connectivity index (χ1n) is 8.66. The third-order valence-corrected chi connectivity index (χ3v) is 4.29. The average molecular weight is 335 g/mol. The van der Waals surface area contributed by atoms with E-state index in [2.05, 4.69) is 16.0 Å². The second-order valence-electron chi connectivity index (χ2n) is 6.20. The first-order valence-corrected chi connectivity index (χ1v) is 8.66. The molecule has 0 saturated carbocycles. The maximum atomic E-state index is 13.0. The molecule has 1 aromatic rings. The van der Waals surface area contributed by atoms with E-state index in [9.17, 15) is 14.0 Å². The first kappa shape index (κ1) is 18.4. The van der Waals surface area contributed by atoms with Crippen LogP contribution in [0.3, 0.4) is 0 Å². The molecule has 3 N–H and O–H groups in total. The Morgan fingerprint density at radius 3 is 2.67 bits per heavy atom. The van der Waals surface area contributed by atoms with Gasteiger partial charge in [0.05, 0.1) is 0 Å². The van der Waals surface area contributed by atoms with Gasteiger partial charge in [0.25, 0.3) is 5.91 Å². The lowest BCUT2D eigenvalue weighted by Gasteiger charge is -2.22. The highest BCUT2D eigenvalue weighted by molar-refractivity contribution is 5.94. The lowest BCUT2D eigenvalue weighted by Crippen LogP contribution is -2.31. The van der Waals surface area contributed by atoms with Gasteiger partial charge in [0, 0.05) is 25.1 Å². The van der Waals surface area contributed by atoms with E-state index in [0.717, 1.165) is 32.4 Å². The Hall–Kier alpha value is -1.95. The van der Waals surface area contributed by atoms with Crippen molar-refractivity contribution in [1.29, 1.82) is 0 Å². The number of rotatable bonds is 8. The van der Waals surface area contributed by atoms with Gasteiger partial charge in [-0.2, -0.15) is 0 Å². The topological polar surface area (TPSA) is 70.2 Å². The van der Waals surface area contributed by atoms with E-state index in [4.69, 9.17) is 0 Å². The van der Waals surface area contributed by atoms with Gasteiger partial charge in [0.15, 0.2) is 0 Å². The molecule has 0 atom stereocenters. The number of carbonyl (C=O) groups is 2. The minimum absolute atomic E-state index is 0.0741. The van der Waals surface area contributed by atoms with Gasteiger partial charge >= 0.3 is 0 Å². The number of piperidine rings is 1. The first-order chi connectivity index (χ1) is 11.6. The molecule has 0 bridgehead atoms. The highest BCUT2D eigenvalue weighted by Crippen LogP contribution is 2.17. The molecule has 0 aromatic heterocycles. The summed E-state index contributed by atoms with van der Waals surface area (Å²) in [6.07, 6.45) is 4.48. The molecule has 5 nitrogen and oxygen atoms in total. The van der Waals surface area contributed by atoms with Gasteiger partial charge in [-0.25, -0.2) is 4.39 Å². The molecule has 132 valence electrons. The summed E-state index contributed by atoms with van der Waals surface area (Å²) in [5.41, 5.74) is 0.306. The van der Waals surface area contributed by atoms with E-state index in [1.807, 2.05) is 0 Å². The van der Waals surface area contributed by atoms with Crippen molar-refractivity contribution in [3.8, 4) is 0 Å². The highest BCUT2D eigenvalue weighted by Gasteiger charge is 2.14. The van der Waals surface area contributed by atoms with Gasteiger partial charge in [0.1, 0.15) is 5.82 Å². The summed E-state index contributed by atoms with van der Waals surface area (Å²) in [6.45, 7) is 3.09. The van der Waals surface area contributed by atoms with E-state index >= 15 is 0 Å². The Morgan fingerprint density at radius 2 is 1.92 bits per heavy atom. The van der Waals surface area contributed by atoms with Gasteiger partial charge in [0.2, 0.25) is 5.91 Å². The number of benzene rings is 1. The quantitative estimate of drug-likeness (QED) is 0.635. The fourth-order valence-electron chi connectivity index (χ4n) is 2.84. The average Bonchev–Trinajstić information content (AvgIpc) is 2.60. The number of carbonyl (C=O) groups excluding carboxylic acids is 2. The molecule has 1 aliphatic heterocycles. The van der Waals surface area contributed by atoms with Crippen LogP contribution in [0, 0.1) is 11.7 Å². The maximum absolute atomic E-state index is 13.0. The molecule has 0 aliphatic carbocycles. The van der Waals surface area contributed by atoms with Crippen molar-refractivity contribution in [3.63, 3.8) is 0 Å². The standard InChI is InChI=1S/C18H26FN3O2/c19-16-4-1-3-15(13-16)18(24)22-10-2-9-21-17(23)6-5-14-7-11-20-12-8-14/h1,3-4,13-14,20H,2,5-12H2,(H,21,23)(H,22,24). The molecule has 24 heavy (non-hydrogen) atoms. The minimum atomic E-state index is -0.427. The summed E-state index contributed by atoms with van der Waals surface area (Å²) in [4.78, 5) is 23.6. The van der Waals surface area contributed by atoms with E-state index in [1.54, 1.807) is 6.07 Å². The molecule has 1 heterocycles. The number of hydrogen-bond donors (Lipinski definition) is 3. The molecule has 1 aromatic carbocycles. The summed E-state index contributed by atoms with van der Waals surface area (Å²) >= 11 is 0. The van der Waals surface area contributed by atoms with E-state index in [0.29, 0.717) is 37.4 Å². The summed E-state index contributed by atoms with van der Waals surface area (Å²) in [5, 5.41) is 8.92. The van der Waals surface area contributed by atoms with Crippen LogP contribution >= 0.6 is 0 Å². The van der Waals surface area contributed by atoms with E-state index in [1.165, 1.54) is 18.2 Å². The molecule has 2 rings (SSSR count). The normalized spacial score (nSPS) is 15.0. The fourth-order valence-corrected chi connectivity index (χ4v) is 2.84. The summed E-state index contributed by atoms with van der Waals surface area (Å²) in [5.74, 6) is 0.00272. The van der Waals surface area contributed by atoms with Crippen LogP contribution in [0.2, 0.25) is 0 Å². The van der Waals surface area contributed by atoms with Gasteiger partial charge in [-0.05, 0) is 62.9 Å². The minimum Gasteiger partial charge on any atom is -0.356 e. The van der Waals surface area contributed by atoms with Gasteiger partial charge in [-0.15, -0.1) is 0 Å². The summed E-state index contributed by atoms with van der Waals surface area (Å²) in [7, 11) is 0. The summed E-state index contributed by atoms with van der Waals surface area (Å²) < 4.78 is 13.0. The van der Waals surface area contributed by atoms with Crippen LogP contribution in [-0.2, 0) is 4.79 Å². The van der Waals surface area contributed by atoms with Crippen molar-refractivity contribution >= 4 is 11.8 Å². The zero-order valence-electron chi connectivity index (χ0n) is 13.9. The van der Waals surface area contributed by atoms with Crippen molar-refractivity contribution in [2.45, 2.75) is 32.1 Å². The van der Waals surface area contributed by atoms with Gasteiger partial charge in [-0.3, -0.25) is 9.59 Å². The molecule has 1 saturated heterocycles. The Balaban J connectivity index is 1.52. The molecule has 0 radical (unpaired) electrons. The third-order valence-electron chi connectivity index (χ3n) is 4.29. The third kappa shape index (κ3) is 6.66. The molecular weight excluding hydrogens is 309 g/mol. The molecule has 1 fully saturated rings. The van der Waals surface area contributed by atoms with E-state index < -0.39 is 5.82 Å². The van der Waals surface area contributed by atoms with Crippen molar-refractivity contribution in [2.24, 2.45) is 5.92 Å². The Kier molecular flexibility index (Phi) is 7.68. The second kappa shape index (κ2) is 10.0. The maximum Gasteiger partial charge on any atom is 0.251 e. The SMILES string of the molecule is O=C(CCC1CCNCC1)NCCCNC(=O)c1cccc(F)c1. The molecular formula is C18H26FN3O2. The lowest BCUT2D eigenvalue weighted by atomic mass is 9.93. The van der Waals surface area contributed by atoms with Crippen molar-refractivity contribution in [3.05, 3.63) is 35.6 Å². The summed E-state index contributed by atoms with van der Waals surface area (Å²) in [6, 6.07) is 5.59. The number of halogens is 1. The molecule has 0 spiro atoms. The number of hydrogen-bond acceptors (Lipinski definition) is 3. The largest absolute Gasteiger partial charge is 0.356 e. The van der Waals surface area contributed by atoms with Crippen LogP contribution in [-0.4, -0.2) is 38.0 Å². The molecule has 0 unspecified atom stereocenters. The zero-order chi connectivity index (χ0) is 17.2. The fraction of sp³-hybridized carbons (Fsp3) is 0.556. The van der Waals surface area contributed by atoms with Crippen LogP contribution in [0.1, 0.15) is 42.5 Å². The van der Waals surface area contributed by atoms with Gasteiger partial charge < -0.3 is 16.0 Å². The smallest absolute Gasteiger partial charge is 0.251 e. The highest BCUT2D eigenvalue weighted by atomic mass is 19.1. The van der Waals surface area contributed by atoms with Crippen LogP contribution < -0.4 is 16.0 Å². The predicted molar refractivity (Wildman–Crippen MR) is 91.2 cm³/mol. The number of amides is 2. The monoisotopic (exact) mass is 335 g/mol. The molecule has 6 heteroatoms. The predicted octanol–water partition coefficient (Wildman–Crippen LogP) is 1.84. The van der Waals surface area contributed by atoms with Crippen molar-refractivity contribution in [1.82, 2.24) is 16.0 Å². The molecule has 2 amide bonds. The van der Waals surface area contributed by atoms with Crippen LogP contribution in [0.4, 0.5) is 4.39 Å². The lowest BCUT2D eigenvalue weighted by molar-refractivity contribution is -0.121. The van der Waals surface area contributed by atoms with Crippen molar-refractivity contribution in [2.75, 3.05) is 26.2 Å². The number of nitrogens with one attached hydrogen (secondary N) is 3. The van der Waals surface area contributed by atoms with Crippen LogP contribution in [0.25, 0.3) is 0 Å². The zero-order valence-corrected chi connectivity index (χ0v) is 13.9. The van der Waals surface area contributed by atoms with Gasteiger partial charge in [-0.1, -0.05) is 6.07 Å². The Bertz CT molecular complexity index is 545. The Morgan fingerprint density at radius 1 is 1.17 bits per heavy atom. The second-order valence-corrected chi connectivity index (χ2v) is 6.20. The van der Waals surface area contributed by atoms with Crippen LogP contribution in [0.15, 0.2) is 24.3 Å².